The van der Waals surface area contributed by atoms with Gasteiger partial charge in [-0.3, -0.25) is 10.1 Å². The highest BCUT2D eigenvalue weighted by atomic mass is 32.1. The van der Waals surface area contributed by atoms with Crippen LogP contribution in [0.25, 0.3) is 0 Å². The zero-order valence-corrected chi connectivity index (χ0v) is 9.71. The topological polar surface area (TPSA) is 68.1 Å². The summed E-state index contributed by atoms with van der Waals surface area (Å²) in [6.45, 7) is 0.160. The Morgan fingerprint density at radius 3 is 2.83 bits per heavy atom. The SMILES string of the molecule is O=[N+]([O-])c1c(F)cc(F)cc1NCc1cscn1. The fraction of sp³-hybridized carbons (Fsp3) is 0.100. The Morgan fingerprint density at radius 2 is 2.22 bits per heavy atom. The highest BCUT2D eigenvalue weighted by molar-refractivity contribution is 7.07. The van der Waals surface area contributed by atoms with E-state index in [0.717, 1.165) is 6.07 Å². The normalized spacial score (nSPS) is 10.3. The van der Waals surface area contributed by atoms with Crippen molar-refractivity contribution >= 4 is 22.7 Å². The number of nitrogens with zero attached hydrogens (tertiary/aromatic N) is 2. The number of aromatic nitrogens is 1. The van der Waals surface area contributed by atoms with Crippen molar-refractivity contribution in [3.8, 4) is 0 Å². The van der Waals surface area contributed by atoms with E-state index in [4.69, 9.17) is 0 Å². The third-order valence-electron chi connectivity index (χ3n) is 2.15. The molecule has 0 saturated heterocycles. The number of benzene rings is 1. The molecule has 0 aliphatic carbocycles. The highest BCUT2D eigenvalue weighted by Gasteiger charge is 2.21. The Bertz CT molecular complexity index is 575. The number of rotatable bonds is 4. The Labute approximate surface area is 104 Å². The van der Waals surface area contributed by atoms with Gasteiger partial charge >= 0.3 is 5.69 Å². The Kier molecular flexibility index (Phi) is 3.47. The van der Waals surface area contributed by atoms with Gasteiger partial charge in [-0.1, -0.05) is 0 Å². The highest BCUT2D eigenvalue weighted by Crippen LogP contribution is 2.29. The monoisotopic (exact) mass is 271 g/mol. The molecule has 1 N–H and O–H groups in total. The van der Waals surface area contributed by atoms with Crippen LogP contribution in [0.15, 0.2) is 23.0 Å². The maximum atomic E-state index is 13.3. The number of nitro benzene ring substituents is 1. The number of halogens is 2. The molecule has 0 fully saturated rings. The molecule has 18 heavy (non-hydrogen) atoms. The van der Waals surface area contributed by atoms with E-state index < -0.39 is 22.2 Å². The molecule has 0 radical (unpaired) electrons. The molecule has 2 aromatic rings. The van der Waals surface area contributed by atoms with Crippen LogP contribution in [0, 0.1) is 21.7 Å². The molecule has 1 aromatic heterocycles. The molecule has 0 atom stereocenters. The Hall–Kier alpha value is -2.09. The van der Waals surface area contributed by atoms with E-state index in [2.05, 4.69) is 10.3 Å². The average Bonchev–Trinajstić information content (AvgIpc) is 2.77. The molecule has 0 saturated carbocycles. The van der Waals surface area contributed by atoms with Crippen LogP contribution >= 0.6 is 11.3 Å². The van der Waals surface area contributed by atoms with Gasteiger partial charge in [-0.25, -0.2) is 9.37 Å². The lowest BCUT2D eigenvalue weighted by molar-refractivity contribution is -0.386. The zero-order chi connectivity index (χ0) is 13.1. The van der Waals surface area contributed by atoms with E-state index >= 15 is 0 Å². The minimum absolute atomic E-state index is 0.160. The lowest BCUT2D eigenvalue weighted by Gasteiger charge is -2.06. The molecule has 1 heterocycles. The summed E-state index contributed by atoms with van der Waals surface area (Å²) in [5, 5.41) is 15.0. The van der Waals surface area contributed by atoms with E-state index in [1.807, 2.05) is 0 Å². The van der Waals surface area contributed by atoms with Crippen LogP contribution in [0.2, 0.25) is 0 Å². The molecule has 0 bridgehead atoms. The second-order valence-corrected chi connectivity index (χ2v) is 4.09. The molecule has 5 nitrogen and oxygen atoms in total. The summed E-state index contributed by atoms with van der Waals surface area (Å²) in [6.07, 6.45) is 0. The summed E-state index contributed by atoms with van der Waals surface area (Å²) in [4.78, 5) is 13.8. The largest absolute Gasteiger partial charge is 0.374 e. The number of thiazole rings is 1. The second-order valence-electron chi connectivity index (χ2n) is 3.37. The summed E-state index contributed by atoms with van der Waals surface area (Å²) >= 11 is 1.36. The minimum atomic E-state index is -1.21. The lowest BCUT2D eigenvalue weighted by Crippen LogP contribution is -2.05. The minimum Gasteiger partial charge on any atom is -0.374 e. The van der Waals surface area contributed by atoms with Crippen molar-refractivity contribution in [2.75, 3.05) is 5.32 Å². The van der Waals surface area contributed by atoms with Crippen LogP contribution in [0.3, 0.4) is 0 Å². The van der Waals surface area contributed by atoms with E-state index in [-0.39, 0.29) is 12.2 Å². The van der Waals surface area contributed by atoms with E-state index in [9.17, 15) is 18.9 Å². The molecule has 0 amide bonds. The van der Waals surface area contributed by atoms with Gasteiger partial charge in [-0.15, -0.1) is 11.3 Å². The summed E-state index contributed by atoms with van der Waals surface area (Å²) < 4.78 is 26.3. The quantitative estimate of drug-likeness (QED) is 0.685. The maximum absolute atomic E-state index is 13.3. The maximum Gasteiger partial charge on any atom is 0.327 e. The van der Waals surface area contributed by atoms with Crippen molar-refractivity contribution in [1.82, 2.24) is 4.98 Å². The molecule has 0 unspecified atom stereocenters. The fourth-order valence-corrected chi connectivity index (χ4v) is 1.96. The van der Waals surface area contributed by atoms with E-state index in [1.165, 1.54) is 11.3 Å². The van der Waals surface area contributed by atoms with Crippen molar-refractivity contribution in [1.29, 1.82) is 0 Å². The summed E-state index contributed by atoms with van der Waals surface area (Å²) in [6, 6.07) is 1.36. The smallest absolute Gasteiger partial charge is 0.327 e. The van der Waals surface area contributed by atoms with Gasteiger partial charge in [0.1, 0.15) is 11.5 Å². The summed E-state index contributed by atoms with van der Waals surface area (Å²) in [5.41, 5.74) is 1.26. The van der Waals surface area contributed by atoms with Gasteiger partial charge in [0, 0.05) is 17.5 Å². The molecule has 1 aromatic carbocycles. The lowest BCUT2D eigenvalue weighted by atomic mass is 10.2. The van der Waals surface area contributed by atoms with Gasteiger partial charge in [0.15, 0.2) is 0 Å². The first kappa shape index (κ1) is 12.4. The average molecular weight is 271 g/mol. The van der Waals surface area contributed by atoms with Crippen molar-refractivity contribution < 1.29 is 13.7 Å². The van der Waals surface area contributed by atoms with Gasteiger partial charge in [0.25, 0.3) is 0 Å². The van der Waals surface area contributed by atoms with Gasteiger partial charge in [-0.05, 0) is 0 Å². The first-order valence-electron chi connectivity index (χ1n) is 4.82. The fourth-order valence-electron chi connectivity index (χ4n) is 1.40. The molecule has 0 spiro atoms. The third kappa shape index (κ3) is 2.59. The van der Waals surface area contributed by atoms with Gasteiger partial charge < -0.3 is 5.32 Å². The first-order valence-corrected chi connectivity index (χ1v) is 5.76. The van der Waals surface area contributed by atoms with E-state index in [1.54, 1.807) is 10.9 Å². The predicted molar refractivity (Wildman–Crippen MR) is 62.5 cm³/mol. The molecule has 0 aliphatic heterocycles. The predicted octanol–water partition coefficient (Wildman–Crippen LogP) is 2.94. The molecular weight excluding hydrogens is 264 g/mol. The number of nitro groups is 1. The number of hydrogen-bond donors (Lipinski definition) is 1. The standard InChI is InChI=1S/C10H7F2N3O2S/c11-6-1-8(12)10(15(16)17)9(2-6)13-3-7-4-18-5-14-7/h1-2,4-5,13H,3H2. The van der Waals surface area contributed by atoms with Gasteiger partial charge in [-0.2, -0.15) is 4.39 Å². The van der Waals surface area contributed by atoms with Crippen LogP contribution in [0.4, 0.5) is 20.2 Å². The summed E-state index contributed by atoms with van der Waals surface area (Å²) in [7, 11) is 0. The second kappa shape index (κ2) is 5.05. The van der Waals surface area contributed by atoms with Crippen molar-refractivity contribution in [2.45, 2.75) is 6.54 Å². The number of nitrogens with one attached hydrogen (secondary N) is 1. The molecule has 8 heteroatoms. The molecule has 0 aliphatic rings. The summed E-state index contributed by atoms with van der Waals surface area (Å²) in [5.74, 6) is -2.08. The van der Waals surface area contributed by atoms with Crippen LogP contribution < -0.4 is 5.32 Å². The van der Waals surface area contributed by atoms with Gasteiger partial charge in [0.05, 0.1) is 22.7 Å². The molecule has 94 valence electrons. The number of anilines is 1. The van der Waals surface area contributed by atoms with Crippen LogP contribution in [0.1, 0.15) is 5.69 Å². The third-order valence-corrected chi connectivity index (χ3v) is 2.79. The number of hydrogen-bond acceptors (Lipinski definition) is 5. The van der Waals surface area contributed by atoms with Crippen LogP contribution in [-0.4, -0.2) is 9.91 Å². The van der Waals surface area contributed by atoms with E-state index in [0.29, 0.717) is 11.8 Å². The van der Waals surface area contributed by atoms with Gasteiger partial charge in [0.2, 0.25) is 5.82 Å². The van der Waals surface area contributed by atoms with Crippen molar-refractivity contribution in [3.05, 3.63) is 50.5 Å². The molecular formula is C10H7F2N3O2S. The van der Waals surface area contributed by atoms with Crippen molar-refractivity contribution in [3.63, 3.8) is 0 Å². The Balaban J connectivity index is 2.28. The van der Waals surface area contributed by atoms with Crippen molar-refractivity contribution in [2.24, 2.45) is 0 Å². The first-order chi connectivity index (χ1) is 8.58. The van der Waals surface area contributed by atoms with Crippen LogP contribution in [-0.2, 0) is 6.54 Å². The zero-order valence-electron chi connectivity index (χ0n) is 8.89. The molecule has 2 rings (SSSR count). The Morgan fingerprint density at radius 1 is 1.44 bits per heavy atom. The van der Waals surface area contributed by atoms with Crippen LogP contribution in [0.5, 0.6) is 0 Å².